The highest BCUT2D eigenvalue weighted by Gasteiger charge is 2.28. The first-order valence-corrected chi connectivity index (χ1v) is 7.32. The molecule has 18 heavy (non-hydrogen) atoms. The van der Waals surface area contributed by atoms with E-state index in [2.05, 4.69) is 41.4 Å². The van der Waals surface area contributed by atoms with Gasteiger partial charge in [-0.15, -0.1) is 5.10 Å². The van der Waals surface area contributed by atoms with Gasteiger partial charge in [-0.05, 0) is 11.8 Å². The molecule has 2 heterocycles. The summed E-state index contributed by atoms with van der Waals surface area (Å²) < 4.78 is 1.80. The molecule has 1 aliphatic rings. The molecule has 1 N–H and O–H groups in total. The van der Waals surface area contributed by atoms with Crippen LogP contribution in [0.25, 0.3) is 0 Å². The van der Waals surface area contributed by atoms with E-state index in [-0.39, 0.29) is 5.41 Å². The standard InChI is InChI=1S/C12H21N5S/c1-12(2,3)10-4-9-18-11(15-10)13-5-7-17-8-6-14-16-17/h6,8,10H,4-5,7,9H2,1-3H3,(H,13,15). The van der Waals surface area contributed by atoms with Crippen LogP contribution in [0.4, 0.5) is 0 Å². The molecule has 0 aromatic carbocycles. The van der Waals surface area contributed by atoms with E-state index in [0.29, 0.717) is 6.04 Å². The zero-order chi connectivity index (χ0) is 13.0. The fourth-order valence-electron chi connectivity index (χ4n) is 1.88. The van der Waals surface area contributed by atoms with Crippen LogP contribution >= 0.6 is 11.8 Å². The van der Waals surface area contributed by atoms with Gasteiger partial charge in [-0.3, -0.25) is 9.67 Å². The second kappa shape index (κ2) is 5.73. The van der Waals surface area contributed by atoms with Crippen molar-refractivity contribution in [1.29, 1.82) is 0 Å². The summed E-state index contributed by atoms with van der Waals surface area (Å²) in [4.78, 5) is 4.60. The monoisotopic (exact) mass is 267 g/mol. The lowest BCUT2D eigenvalue weighted by Gasteiger charge is -2.35. The maximum absolute atomic E-state index is 4.60. The predicted octanol–water partition coefficient (Wildman–Crippen LogP) is 1.78. The Kier molecular flexibility index (Phi) is 4.27. The summed E-state index contributed by atoms with van der Waals surface area (Å²) in [5, 5.41) is 12.3. The van der Waals surface area contributed by atoms with Gasteiger partial charge in [0.2, 0.25) is 0 Å². The molecule has 100 valence electrons. The summed E-state index contributed by atoms with van der Waals surface area (Å²) in [5.74, 6) is 1.15. The Balaban J connectivity index is 1.85. The normalized spacial score (nSPS) is 23.1. The number of nitrogens with one attached hydrogen (secondary N) is 1. The molecule has 1 unspecified atom stereocenters. The fourth-order valence-corrected chi connectivity index (χ4v) is 2.84. The van der Waals surface area contributed by atoms with Crippen molar-refractivity contribution >= 4 is 16.9 Å². The van der Waals surface area contributed by atoms with Crippen molar-refractivity contribution in [2.75, 3.05) is 12.3 Å². The van der Waals surface area contributed by atoms with E-state index in [9.17, 15) is 0 Å². The first kappa shape index (κ1) is 13.4. The molecule has 5 nitrogen and oxygen atoms in total. The van der Waals surface area contributed by atoms with E-state index >= 15 is 0 Å². The zero-order valence-electron chi connectivity index (χ0n) is 11.3. The molecular weight excluding hydrogens is 246 g/mol. The van der Waals surface area contributed by atoms with E-state index in [1.165, 1.54) is 6.42 Å². The first-order valence-electron chi connectivity index (χ1n) is 6.33. The van der Waals surface area contributed by atoms with Crippen LogP contribution in [0.15, 0.2) is 17.4 Å². The summed E-state index contributed by atoms with van der Waals surface area (Å²) in [6.45, 7) is 8.34. The predicted molar refractivity (Wildman–Crippen MR) is 75.8 cm³/mol. The molecule has 1 aliphatic heterocycles. The Hall–Kier alpha value is -1.04. The second-order valence-corrected chi connectivity index (χ2v) is 6.64. The summed E-state index contributed by atoms with van der Waals surface area (Å²) in [6.07, 6.45) is 4.76. The van der Waals surface area contributed by atoms with Gasteiger partial charge in [0.05, 0.1) is 19.3 Å². The summed E-state index contributed by atoms with van der Waals surface area (Å²) >= 11 is 1.81. The van der Waals surface area contributed by atoms with Crippen LogP contribution in [0.2, 0.25) is 0 Å². The van der Waals surface area contributed by atoms with Gasteiger partial charge < -0.3 is 5.32 Å². The molecule has 2 rings (SSSR count). The Labute approximate surface area is 112 Å². The molecule has 0 amide bonds. The third-order valence-electron chi connectivity index (χ3n) is 3.04. The molecule has 1 aromatic rings. The average Bonchev–Trinajstić information content (AvgIpc) is 2.81. The molecule has 6 heteroatoms. The van der Waals surface area contributed by atoms with Gasteiger partial charge >= 0.3 is 0 Å². The summed E-state index contributed by atoms with van der Waals surface area (Å²) in [7, 11) is 0. The van der Waals surface area contributed by atoms with E-state index in [0.717, 1.165) is 24.0 Å². The highest BCUT2D eigenvalue weighted by atomic mass is 32.2. The number of nitrogens with zero attached hydrogens (tertiary/aromatic N) is 4. The molecule has 0 aliphatic carbocycles. The average molecular weight is 267 g/mol. The van der Waals surface area contributed by atoms with Crippen molar-refractivity contribution in [2.45, 2.75) is 39.8 Å². The van der Waals surface area contributed by atoms with Crippen molar-refractivity contribution in [2.24, 2.45) is 10.4 Å². The molecule has 0 saturated carbocycles. The minimum Gasteiger partial charge on any atom is -0.362 e. The van der Waals surface area contributed by atoms with Crippen LogP contribution in [0.1, 0.15) is 27.2 Å². The Bertz CT molecular complexity index is 393. The van der Waals surface area contributed by atoms with E-state index in [4.69, 9.17) is 0 Å². The lowest BCUT2D eigenvalue weighted by molar-refractivity contribution is 0.290. The minimum atomic E-state index is 0.285. The molecule has 0 radical (unpaired) electrons. The van der Waals surface area contributed by atoms with Gasteiger partial charge in [0, 0.05) is 18.0 Å². The molecule has 1 atom stereocenters. The second-order valence-electron chi connectivity index (χ2n) is 5.55. The molecule has 0 spiro atoms. The lowest BCUT2D eigenvalue weighted by Crippen LogP contribution is -2.46. The number of hydrogen-bond acceptors (Lipinski definition) is 4. The summed E-state index contributed by atoms with van der Waals surface area (Å²) in [6, 6.07) is 0.517. The number of aromatic nitrogens is 3. The smallest absolute Gasteiger partial charge is 0.156 e. The van der Waals surface area contributed by atoms with Gasteiger partial charge in [-0.1, -0.05) is 37.7 Å². The van der Waals surface area contributed by atoms with Crippen molar-refractivity contribution < 1.29 is 0 Å². The van der Waals surface area contributed by atoms with Crippen LogP contribution in [0.5, 0.6) is 0 Å². The van der Waals surface area contributed by atoms with E-state index in [1.807, 2.05) is 18.0 Å². The SMILES string of the molecule is CC(C)(C)C1CCSC(=NCCn2ccnn2)N1. The van der Waals surface area contributed by atoms with Gasteiger partial charge in [0.25, 0.3) is 0 Å². The molecular formula is C12H21N5S. The maximum atomic E-state index is 4.60. The Morgan fingerprint density at radius 1 is 1.56 bits per heavy atom. The summed E-state index contributed by atoms with van der Waals surface area (Å²) in [5.41, 5.74) is 0.285. The van der Waals surface area contributed by atoms with Crippen LogP contribution in [-0.4, -0.2) is 38.5 Å². The van der Waals surface area contributed by atoms with Gasteiger partial charge in [0.15, 0.2) is 5.17 Å². The van der Waals surface area contributed by atoms with E-state index in [1.54, 1.807) is 10.9 Å². The third-order valence-corrected chi connectivity index (χ3v) is 4.01. The van der Waals surface area contributed by atoms with Crippen LogP contribution in [0, 0.1) is 5.41 Å². The zero-order valence-corrected chi connectivity index (χ0v) is 12.1. The van der Waals surface area contributed by atoms with Gasteiger partial charge in [0.1, 0.15) is 0 Å². The highest BCUT2D eigenvalue weighted by molar-refractivity contribution is 8.13. The number of thioether (sulfide) groups is 1. The number of aliphatic imine (C=N–C) groups is 1. The minimum absolute atomic E-state index is 0.285. The van der Waals surface area contributed by atoms with Crippen LogP contribution in [-0.2, 0) is 6.54 Å². The topological polar surface area (TPSA) is 55.1 Å². The molecule has 1 fully saturated rings. The molecule has 0 bridgehead atoms. The Morgan fingerprint density at radius 3 is 3.06 bits per heavy atom. The maximum Gasteiger partial charge on any atom is 0.156 e. The van der Waals surface area contributed by atoms with Crippen molar-refractivity contribution in [1.82, 2.24) is 20.3 Å². The number of hydrogen-bond donors (Lipinski definition) is 1. The molecule has 1 aromatic heterocycles. The van der Waals surface area contributed by atoms with Gasteiger partial charge in [-0.2, -0.15) is 0 Å². The van der Waals surface area contributed by atoms with E-state index < -0.39 is 0 Å². The van der Waals surface area contributed by atoms with Crippen LogP contribution < -0.4 is 5.32 Å². The highest BCUT2D eigenvalue weighted by Crippen LogP contribution is 2.27. The van der Waals surface area contributed by atoms with Gasteiger partial charge in [-0.25, -0.2) is 0 Å². The largest absolute Gasteiger partial charge is 0.362 e. The Morgan fingerprint density at radius 2 is 2.39 bits per heavy atom. The quantitative estimate of drug-likeness (QED) is 0.907. The lowest BCUT2D eigenvalue weighted by atomic mass is 9.85. The number of rotatable bonds is 3. The van der Waals surface area contributed by atoms with Crippen molar-refractivity contribution in [3.8, 4) is 0 Å². The van der Waals surface area contributed by atoms with Crippen LogP contribution in [0.3, 0.4) is 0 Å². The first-order chi connectivity index (χ1) is 8.55. The van der Waals surface area contributed by atoms with Crippen molar-refractivity contribution in [3.05, 3.63) is 12.4 Å². The van der Waals surface area contributed by atoms with Crippen molar-refractivity contribution in [3.63, 3.8) is 0 Å². The molecule has 1 saturated heterocycles. The fraction of sp³-hybridized carbons (Fsp3) is 0.750. The third kappa shape index (κ3) is 3.73. The number of amidine groups is 1.